The monoisotopic (exact) mass is 258 g/mol. The molecule has 0 bridgehead atoms. The number of rotatable bonds is 1. The van der Waals surface area contributed by atoms with Crippen LogP contribution < -0.4 is 10.6 Å². The number of hydrogen-bond acceptors (Lipinski definition) is 2. The number of hydrogen-bond donors (Lipinski definition) is 2. The van der Waals surface area contributed by atoms with Gasteiger partial charge in [-0.05, 0) is 33.6 Å². The van der Waals surface area contributed by atoms with Gasteiger partial charge >= 0.3 is 0 Å². The molecule has 0 radical (unpaired) electrons. The van der Waals surface area contributed by atoms with Crippen molar-refractivity contribution in [1.82, 2.24) is 10.6 Å². The van der Waals surface area contributed by atoms with Crippen LogP contribution in [0.5, 0.6) is 0 Å². The third-order valence-corrected chi connectivity index (χ3v) is 2.99. The summed E-state index contributed by atoms with van der Waals surface area (Å²) in [5.41, 5.74) is 1.12. The molecule has 0 amide bonds. The van der Waals surface area contributed by atoms with E-state index in [1.165, 1.54) is 6.07 Å². The number of benzene rings is 1. The highest BCUT2D eigenvalue weighted by molar-refractivity contribution is 9.10. The molecular formula is C10H12BrFN2. The Kier molecular flexibility index (Phi) is 3.15. The van der Waals surface area contributed by atoms with Crippen LogP contribution in [0.15, 0.2) is 22.7 Å². The lowest BCUT2D eigenvalue weighted by Crippen LogP contribution is -2.42. The summed E-state index contributed by atoms with van der Waals surface area (Å²) in [7, 11) is 0. The Morgan fingerprint density at radius 2 is 2.21 bits per heavy atom. The second-order valence-corrected chi connectivity index (χ2v) is 4.24. The molecule has 1 aliphatic heterocycles. The van der Waals surface area contributed by atoms with Gasteiger partial charge in [-0.15, -0.1) is 0 Å². The maximum absolute atomic E-state index is 13.0. The predicted octanol–water partition coefficient (Wildman–Crippen LogP) is 1.82. The second-order valence-electron chi connectivity index (χ2n) is 3.38. The second kappa shape index (κ2) is 4.38. The molecule has 1 aliphatic rings. The van der Waals surface area contributed by atoms with E-state index in [4.69, 9.17) is 0 Å². The minimum atomic E-state index is -0.211. The van der Waals surface area contributed by atoms with Crippen LogP contribution in [-0.2, 0) is 0 Å². The summed E-state index contributed by atoms with van der Waals surface area (Å²) in [6.45, 7) is 2.86. The van der Waals surface area contributed by atoms with Crippen molar-refractivity contribution in [2.75, 3.05) is 19.6 Å². The molecule has 2 rings (SSSR count). The fourth-order valence-corrected chi connectivity index (χ4v) is 2.01. The summed E-state index contributed by atoms with van der Waals surface area (Å²) in [6.07, 6.45) is 0. The fourth-order valence-electron chi connectivity index (χ4n) is 1.62. The molecule has 4 heteroatoms. The van der Waals surface area contributed by atoms with Crippen molar-refractivity contribution in [3.63, 3.8) is 0 Å². The maximum atomic E-state index is 13.0. The topological polar surface area (TPSA) is 24.1 Å². The summed E-state index contributed by atoms with van der Waals surface area (Å²) in [5.74, 6) is -0.211. The number of nitrogens with one attached hydrogen (secondary N) is 2. The van der Waals surface area contributed by atoms with Gasteiger partial charge in [0.25, 0.3) is 0 Å². The van der Waals surface area contributed by atoms with E-state index in [0.29, 0.717) is 10.5 Å². The molecule has 1 heterocycles. The molecular weight excluding hydrogens is 247 g/mol. The first-order valence-electron chi connectivity index (χ1n) is 4.66. The van der Waals surface area contributed by atoms with Gasteiger partial charge in [-0.2, -0.15) is 0 Å². The summed E-state index contributed by atoms with van der Waals surface area (Å²) in [5, 5.41) is 6.67. The van der Waals surface area contributed by atoms with E-state index in [2.05, 4.69) is 26.6 Å². The van der Waals surface area contributed by atoms with Crippen LogP contribution in [0, 0.1) is 5.82 Å². The Hall–Kier alpha value is -0.450. The first kappa shape index (κ1) is 10.1. The predicted molar refractivity (Wildman–Crippen MR) is 57.7 cm³/mol. The first-order valence-corrected chi connectivity index (χ1v) is 5.46. The highest BCUT2D eigenvalue weighted by Crippen LogP contribution is 2.21. The van der Waals surface area contributed by atoms with E-state index in [-0.39, 0.29) is 5.82 Å². The number of piperazine rings is 1. The van der Waals surface area contributed by atoms with Crippen LogP contribution in [0.25, 0.3) is 0 Å². The molecule has 1 aromatic rings. The largest absolute Gasteiger partial charge is 0.314 e. The van der Waals surface area contributed by atoms with E-state index in [0.717, 1.165) is 25.2 Å². The Morgan fingerprint density at radius 1 is 1.36 bits per heavy atom. The van der Waals surface area contributed by atoms with Crippen LogP contribution >= 0.6 is 15.9 Å². The molecule has 14 heavy (non-hydrogen) atoms. The van der Waals surface area contributed by atoms with E-state index in [1.54, 1.807) is 0 Å². The van der Waals surface area contributed by atoms with E-state index in [1.807, 2.05) is 12.1 Å². The Labute approximate surface area is 91.0 Å². The lowest BCUT2D eigenvalue weighted by Gasteiger charge is -2.25. The Morgan fingerprint density at radius 3 is 2.86 bits per heavy atom. The normalized spacial score (nSPS) is 22.3. The smallest absolute Gasteiger partial charge is 0.137 e. The standard InChI is InChI=1S/C10H12BrFN2/c11-8-5-7(1-2-9(8)12)10-6-13-3-4-14-10/h1-2,5,10,13-14H,3-4,6H2/t10-/m1/s1. The lowest BCUT2D eigenvalue weighted by molar-refractivity contribution is 0.429. The molecule has 2 N–H and O–H groups in total. The van der Waals surface area contributed by atoms with Crippen LogP contribution in [0.4, 0.5) is 4.39 Å². The number of halogens is 2. The van der Waals surface area contributed by atoms with E-state index < -0.39 is 0 Å². The molecule has 0 saturated carbocycles. The lowest BCUT2D eigenvalue weighted by atomic mass is 10.1. The van der Waals surface area contributed by atoms with E-state index in [9.17, 15) is 4.39 Å². The fraction of sp³-hybridized carbons (Fsp3) is 0.400. The van der Waals surface area contributed by atoms with Crippen molar-refractivity contribution in [3.05, 3.63) is 34.1 Å². The van der Waals surface area contributed by atoms with Crippen LogP contribution in [-0.4, -0.2) is 19.6 Å². The summed E-state index contributed by atoms with van der Waals surface area (Å²) in [4.78, 5) is 0. The zero-order chi connectivity index (χ0) is 9.97. The zero-order valence-electron chi connectivity index (χ0n) is 7.69. The molecule has 2 nitrogen and oxygen atoms in total. The molecule has 0 spiro atoms. The van der Waals surface area contributed by atoms with Crippen molar-refractivity contribution in [1.29, 1.82) is 0 Å². The van der Waals surface area contributed by atoms with Gasteiger partial charge in [0.05, 0.1) is 4.47 Å². The molecule has 0 unspecified atom stereocenters. The molecule has 0 aromatic heterocycles. The molecule has 1 fully saturated rings. The quantitative estimate of drug-likeness (QED) is 0.803. The third kappa shape index (κ3) is 2.13. The first-order chi connectivity index (χ1) is 6.77. The summed E-state index contributed by atoms with van der Waals surface area (Å²) in [6, 6.07) is 5.45. The van der Waals surface area contributed by atoms with Gasteiger partial charge < -0.3 is 10.6 Å². The molecule has 0 aliphatic carbocycles. The minimum Gasteiger partial charge on any atom is -0.314 e. The molecule has 76 valence electrons. The van der Waals surface area contributed by atoms with Crippen LogP contribution in [0.2, 0.25) is 0 Å². The van der Waals surface area contributed by atoms with Crippen molar-refractivity contribution in [2.24, 2.45) is 0 Å². The van der Waals surface area contributed by atoms with E-state index >= 15 is 0 Å². The van der Waals surface area contributed by atoms with Crippen molar-refractivity contribution in [3.8, 4) is 0 Å². The van der Waals surface area contributed by atoms with Gasteiger partial charge in [-0.1, -0.05) is 6.07 Å². The summed E-state index contributed by atoms with van der Waals surface area (Å²) >= 11 is 3.19. The van der Waals surface area contributed by atoms with Crippen LogP contribution in [0.3, 0.4) is 0 Å². The minimum absolute atomic E-state index is 0.211. The van der Waals surface area contributed by atoms with Gasteiger partial charge in [-0.3, -0.25) is 0 Å². The molecule has 1 saturated heterocycles. The molecule has 1 aromatic carbocycles. The van der Waals surface area contributed by atoms with Crippen molar-refractivity contribution >= 4 is 15.9 Å². The van der Waals surface area contributed by atoms with Gasteiger partial charge in [0.1, 0.15) is 5.82 Å². The van der Waals surface area contributed by atoms with Crippen molar-refractivity contribution < 1.29 is 4.39 Å². The SMILES string of the molecule is Fc1ccc([C@H]2CNCCN2)cc1Br. The Bertz CT molecular complexity index is 324. The Balaban J connectivity index is 2.18. The van der Waals surface area contributed by atoms with Crippen LogP contribution in [0.1, 0.15) is 11.6 Å². The summed E-state index contributed by atoms with van der Waals surface area (Å²) < 4.78 is 13.5. The van der Waals surface area contributed by atoms with Gasteiger partial charge in [0.2, 0.25) is 0 Å². The molecule has 1 atom stereocenters. The van der Waals surface area contributed by atoms with Crippen molar-refractivity contribution in [2.45, 2.75) is 6.04 Å². The van der Waals surface area contributed by atoms with Gasteiger partial charge in [0, 0.05) is 25.7 Å². The highest BCUT2D eigenvalue weighted by atomic mass is 79.9. The maximum Gasteiger partial charge on any atom is 0.137 e. The van der Waals surface area contributed by atoms with Gasteiger partial charge in [-0.25, -0.2) is 4.39 Å². The highest BCUT2D eigenvalue weighted by Gasteiger charge is 2.14. The van der Waals surface area contributed by atoms with Gasteiger partial charge in [0.15, 0.2) is 0 Å². The average molecular weight is 259 g/mol. The third-order valence-electron chi connectivity index (χ3n) is 2.39. The average Bonchev–Trinajstić information content (AvgIpc) is 2.23. The zero-order valence-corrected chi connectivity index (χ0v) is 9.27.